The number of nitrogens with zero attached hydrogens (tertiary/aromatic N) is 2. The van der Waals surface area contributed by atoms with Gasteiger partial charge in [-0.2, -0.15) is 5.10 Å². The van der Waals surface area contributed by atoms with E-state index in [-0.39, 0.29) is 23.3 Å². The number of aromatic nitrogens is 2. The zero-order valence-corrected chi connectivity index (χ0v) is 12.1. The van der Waals surface area contributed by atoms with Crippen LogP contribution >= 0.6 is 0 Å². The van der Waals surface area contributed by atoms with Crippen molar-refractivity contribution in [1.29, 1.82) is 0 Å². The number of aromatic amines is 1. The van der Waals surface area contributed by atoms with Gasteiger partial charge in [-0.15, -0.1) is 0 Å². The monoisotopic (exact) mass is 305 g/mol. The third kappa shape index (κ3) is 2.67. The van der Waals surface area contributed by atoms with Gasteiger partial charge in [-0.3, -0.25) is 9.89 Å². The van der Waals surface area contributed by atoms with Crippen molar-refractivity contribution in [3.8, 4) is 5.75 Å². The molecule has 116 valence electrons. The van der Waals surface area contributed by atoms with Gasteiger partial charge in [-0.1, -0.05) is 0 Å². The van der Waals surface area contributed by atoms with Crippen molar-refractivity contribution in [2.75, 3.05) is 26.9 Å². The van der Waals surface area contributed by atoms with E-state index in [4.69, 9.17) is 9.47 Å². The molecule has 22 heavy (non-hydrogen) atoms. The van der Waals surface area contributed by atoms with E-state index in [1.165, 1.54) is 19.2 Å². The second-order valence-electron chi connectivity index (χ2n) is 4.95. The number of carbonyl (C=O) groups excluding carboxylic acids is 1. The average molecular weight is 305 g/mol. The van der Waals surface area contributed by atoms with Crippen molar-refractivity contribution in [2.24, 2.45) is 0 Å². The molecule has 1 atom stereocenters. The third-order valence-electron chi connectivity index (χ3n) is 3.67. The van der Waals surface area contributed by atoms with Gasteiger partial charge in [0.1, 0.15) is 0 Å². The Morgan fingerprint density at radius 2 is 2.36 bits per heavy atom. The number of morpholine rings is 1. The van der Waals surface area contributed by atoms with E-state index in [2.05, 4.69) is 10.2 Å². The fourth-order valence-electron chi connectivity index (χ4n) is 2.52. The van der Waals surface area contributed by atoms with Crippen molar-refractivity contribution in [2.45, 2.75) is 6.04 Å². The van der Waals surface area contributed by atoms with Crippen LogP contribution < -0.4 is 4.74 Å². The predicted molar refractivity (Wildman–Crippen MR) is 76.1 cm³/mol. The van der Waals surface area contributed by atoms with Gasteiger partial charge in [0, 0.05) is 18.3 Å². The molecule has 0 radical (unpaired) electrons. The number of benzene rings is 1. The Bertz CT molecular complexity index is 660. The summed E-state index contributed by atoms with van der Waals surface area (Å²) >= 11 is 0. The molecular formula is C15H16FN3O3. The number of ether oxygens (including phenoxy) is 2. The third-order valence-corrected chi connectivity index (χ3v) is 3.67. The van der Waals surface area contributed by atoms with Crippen LogP contribution in [0, 0.1) is 5.82 Å². The van der Waals surface area contributed by atoms with E-state index in [9.17, 15) is 9.18 Å². The minimum Gasteiger partial charge on any atom is -0.494 e. The van der Waals surface area contributed by atoms with Gasteiger partial charge in [0.2, 0.25) is 0 Å². The minimum atomic E-state index is -0.556. The van der Waals surface area contributed by atoms with Crippen LogP contribution in [0.2, 0.25) is 0 Å². The first kappa shape index (κ1) is 14.5. The summed E-state index contributed by atoms with van der Waals surface area (Å²) in [4.78, 5) is 14.4. The van der Waals surface area contributed by atoms with E-state index in [0.29, 0.717) is 19.8 Å². The molecule has 0 aliphatic carbocycles. The number of hydrogen-bond donors (Lipinski definition) is 1. The molecule has 7 heteroatoms. The zero-order chi connectivity index (χ0) is 15.5. The maximum absolute atomic E-state index is 13.8. The molecule has 1 N–H and O–H groups in total. The van der Waals surface area contributed by atoms with Crippen LogP contribution in [-0.2, 0) is 4.74 Å². The minimum absolute atomic E-state index is 0.114. The van der Waals surface area contributed by atoms with Gasteiger partial charge in [-0.05, 0) is 24.3 Å². The lowest BCUT2D eigenvalue weighted by atomic mass is 10.1. The molecule has 2 aromatic rings. The predicted octanol–water partition coefficient (Wildman–Crippen LogP) is 1.77. The lowest BCUT2D eigenvalue weighted by Gasteiger charge is -2.35. The van der Waals surface area contributed by atoms with Crippen LogP contribution in [0.15, 0.2) is 30.5 Å². The summed E-state index contributed by atoms with van der Waals surface area (Å²) in [6, 6.07) is 5.75. The Labute approximate surface area is 126 Å². The first-order valence-corrected chi connectivity index (χ1v) is 6.92. The van der Waals surface area contributed by atoms with Crippen LogP contribution in [0.1, 0.15) is 22.1 Å². The summed E-state index contributed by atoms with van der Waals surface area (Å²) in [7, 11) is 1.39. The van der Waals surface area contributed by atoms with E-state index in [0.717, 1.165) is 5.69 Å². The van der Waals surface area contributed by atoms with Crippen molar-refractivity contribution in [1.82, 2.24) is 15.1 Å². The second-order valence-corrected chi connectivity index (χ2v) is 4.95. The first-order valence-electron chi connectivity index (χ1n) is 6.92. The molecule has 1 aliphatic heterocycles. The first-order chi connectivity index (χ1) is 10.7. The molecule has 0 spiro atoms. The molecular weight excluding hydrogens is 289 g/mol. The number of carbonyl (C=O) groups is 1. The molecule has 1 fully saturated rings. The smallest absolute Gasteiger partial charge is 0.254 e. The van der Waals surface area contributed by atoms with Gasteiger partial charge in [-0.25, -0.2) is 4.39 Å². The number of H-pyrrole nitrogens is 1. The molecule has 3 rings (SSSR count). The highest BCUT2D eigenvalue weighted by molar-refractivity contribution is 5.94. The maximum atomic E-state index is 13.8. The highest BCUT2D eigenvalue weighted by Crippen LogP contribution is 2.26. The summed E-state index contributed by atoms with van der Waals surface area (Å²) in [5, 5.41) is 6.76. The normalized spacial score (nSPS) is 18.3. The average Bonchev–Trinajstić information content (AvgIpc) is 3.08. The van der Waals surface area contributed by atoms with E-state index < -0.39 is 5.82 Å². The molecule has 0 unspecified atom stereocenters. The molecule has 0 bridgehead atoms. The fourth-order valence-corrected chi connectivity index (χ4v) is 2.52. The van der Waals surface area contributed by atoms with Gasteiger partial charge < -0.3 is 14.4 Å². The summed E-state index contributed by atoms with van der Waals surface area (Å²) in [5.74, 6) is -0.687. The van der Waals surface area contributed by atoms with Crippen molar-refractivity contribution >= 4 is 5.91 Å². The molecule has 1 aromatic heterocycles. The van der Waals surface area contributed by atoms with Crippen molar-refractivity contribution in [3.05, 3.63) is 47.5 Å². The lowest BCUT2D eigenvalue weighted by molar-refractivity contribution is -0.00393. The van der Waals surface area contributed by atoms with Crippen molar-refractivity contribution < 1.29 is 18.7 Å². The number of nitrogens with one attached hydrogen (secondary N) is 1. The van der Waals surface area contributed by atoms with Crippen LogP contribution in [0.4, 0.5) is 4.39 Å². The van der Waals surface area contributed by atoms with Gasteiger partial charge in [0.25, 0.3) is 5.91 Å². The highest BCUT2D eigenvalue weighted by atomic mass is 19.1. The second kappa shape index (κ2) is 6.15. The Morgan fingerprint density at radius 1 is 1.50 bits per heavy atom. The molecule has 1 amide bonds. The summed E-state index contributed by atoms with van der Waals surface area (Å²) in [5.41, 5.74) is 1.08. The lowest BCUT2D eigenvalue weighted by Crippen LogP contribution is -2.43. The number of rotatable bonds is 3. The molecule has 1 saturated heterocycles. The molecule has 0 saturated carbocycles. The SMILES string of the molecule is COc1ccc(C(=O)N2CCOC[C@H]2c2ccn[nH]2)cc1F. The Morgan fingerprint density at radius 3 is 3.05 bits per heavy atom. The van der Waals surface area contributed by atoms with E-state index in [1.807, 2.05) is 0 Å². The van der Waals surface area contributed by atoms with Gasteiger partial charge in [0.05, 0.1) is 32.1 Å². The topological polar surface area (TPSA) is 67.4 Å². The van der Waals surface area contributed by atoms with E-state index >= 15 is 0 Å². The Hall–Kier alpha value is -2.41. The number of hydrogen-bond acceptors (Lipinski definition) is 4. The van der Waals surface area contributed by atoms with Crippen LogP contribution in [0.3, 0.4) is 0 Å². The molecule has 2 heterocycles. The summed E-state index contributed by atoms with van der Waals surface area (Å²) < 4.78 is 24.1. The van der Waals surface area contributed by atoms with Crippen LogP contribution in [0.5, 0.6) is 5.75 Å². The van der Waals surface area contributed by atoms with Crippen LogP contribution in [0.25, 0.3) is 0 Å². The summed E-state index contributed by atoms with van der Waals surface area (Å²) in [6.45, 7) is 1.28. The molecule has 1 aromatic carbocycles. The summed E-state index contributed by atoms with van der Waals surface area (Å²) in [6.07, 6.45) is 1.62. The number of halogens is 1. The zero-order valence-electron chi connectivity index (χ0n) is 12.1. The Kier molecular flexibility index (Phi) is 4.06. The van der Waals surface area contributed by atoms with Gasteiger partial charge >= 0.3 is 0 Å². The number of amides is 1. The number of methoxy groups -OCH3 is 1. The fraction of sp³-hybridized carbons (Fsp3) is 0.333. The quantitative estimate of drug-likeness (QED) is 0.938. The van der Waals surface area contributed by atoms with E-state index in [1.54, 1.807) is 23.2 Å². The standard InChI is InChI=1S/C15H16FN3O3/c1-21-14-3-2-10(8-11(14)16)15(20)19-6-7-22-9-13(19)12-4-5-17-18-12/h2-5,8,13H,6-7,9H2,1H3,(H,17,18)/t13-/m0/s1. The Balaban J connectivity index is 1.87. The van der Waals surface area contributed by atoms with Gasteiger partial charge in [0.15, 0.2) is 11.6 Å². The maximum Gasteiger partial charge on any atom is 0.254 e. The molecule has 1 aliphatic rings. The highest BCUT2D eigenvalue weighted by Gasteiger charge is 2.30. The largest absolute Gasteiger partial charge is 0.494 e. The van der Waals surface area contributed by atoms with Crippen molar-refractivity contribution in [3.63, 3.8) is 0 Å². The van der Waals surface area contributed by atoms with Crippen LogP contribution in [-0.4, -0.2) is 47.9 Å². The molecule has 6 nitrogen and oxygen atoms in total.